The molecule has 1 aromatic carbocycles. The number of ether oxygens (including phenoxy) is 3. The molecule has 286 valence electrons. The number of terminal acetylenes is 1. The summed E-state index contributed by atoms with van der Waals surface area (Å²) >= 11 is 0. The van der Waals surface area contributed by atoms with Crippen molar-refractivity contribution in [1.29, 1.82) is 0 Å². The van der Waals surface area contributed by atoms with Gasteiger partial charge in [-0.3, -0.25) is 4.79 Å². The van der Waals surface area contributed by atoms with E-state index in [1.807, 2.05) is 48.3 Å². The number of carbonyl (C=O) groups excluding carboxylic acids is 2. The lowest BCUT2D eigenvalue weighted by atomic mass is 9.49. The minimum atomic E-state index is -0.754. The molecular formula is C44H64N2O6. The molecule has 2 aliphatic heterocycles. The highest BCUT2D eigenvalue weighted by atomic mass is 16.6. The van der Waals surface area contributed by atoms with Gasteiger partial charge in [-0.05, 0) is 153 Å². The van der Waals surface area contributed by atoms with Gasteiger partial charge in [0.25, 0.3) is 0 Å². The number of benzene rings is 1. The van der Waals surface area contributed by atoms with E-state index in [2.05, 4.69) is 57.3 Å². The maximum atomic E-state index is 14.2. The van der Waals surface area contributed by atoms with Crippen molar-refractivity contribution in [2.75, 3.05) is 6.79 Å². The van der Waals surface area contributed by atoms with E-state index in [0.29, 0.717) is 30.1 Å². The summed E-state index contributed by atoms with van der Waals surface area (Å²) in [7, 11) is 0. The Labute approximate surface area is 312 Å². The van der Waals surface area contributed by atoms with Crippen molar-refractivity contribution < 1.29 is 28.9 Å². The zero-order valence-electron chi connectivity index (χ0n) is 33.2. The predicted octanol–water partition coefficient (Wildman–Crippen LogP) is 7.83. The Morgan fingerprint density at radius 3 is 2.35 bits per heavy atom. The monoisotopic (exact) mass is 716 g/mol. The first-order valence-corrected chi connectivity index (χ1v) is 19.2. The standard InChI is InChI=1S/C37H52N2O5.C4H8.C2H2.CH2O/c1-33(2,42-18-40)27-13-10-21-24-11-8-19-16-22-28-23-17-37(38)32(34(3,4)44-35(37,5)6)31(41)20(23)9-12-25(28)39-30(22)29(19)36(24,7)15-14-26(21)43-27;1-4(2)3;2*1-2/h9,12,19,21,24,26-27,29,32,39-40H,8,10-11,13-18,38H2,1-7H3;1H2,2-3H3;1-2H;1H2/t19?,21?,24?,26?,27-,29?,32-,36-,37+;;;/m0.../s1. The van der Waals surface area contributed by atoms with Crippen molar-refractivity contribution in [2.45, 2.75) is 154 Å². The Kier molecular flexibility index (Phi) is 11.0. The third kappa shape index (κ3) is 6.13. The Balaban J connectivity index is 0.000000605. The lowest BCUT2D eigenvalue weighted by Crippen LogP contribution is -2.64. The number of hydrogen-bond donors (Lipinski definition) is 3. The summed E-state index contributed by atoms with van der Waals surface area (Å²) in [5.74, 6) is 2.10. The lowest BCUT2D eigenvalue weighted by Gasteiger charge is -2.59. The molecule has 3 heterocycles. The Morgan fingerprint density at radius 2 is 1.71 bits per heavy atom. The number of nitrogens with two attached hydrogens (primary N) is 1. The van der Waals surface area contributed by atoms with Crippen molar-refractivity contribution >= 4 is 23.5 Å². The van der Waals surface area contributed by atoms with Crippen molar-refractivity contribution in [1.82, 2.24) is 4.98 Å². The first-order chi connectivity index (χ1) is 24.4. The van der Waals surface area contributed by atoms with Gasteiger partial charge in [-0.25, -0.2) is 0 Å². The minimum absolute atomic E-state index is 0.0172. The number of Topliss-reactive ketones (excluding diaryl/α,β-unsaturated/α-hetero) is 1. The zero-order valence-corrected chi connectivity index (χ0v) is 33.2. The highest BCUT2D eigenvalue weighted by Crippen LogP contribution is 2.66. The summed E-state index contributed by atoms with van der Waals surface area (Å²) in [6.07, 6.45) is 16.9. The molecule has 0 spiro atoms. The average molecular weight is 717 g/mol. The third-order valence-electron chi connectivity index (χ3n) is 14.0. The number of nitrogens with one attached hydrogen (secondary N) is 1. The van der Waals surface area contributed by atoms with Crippen LogP contribution in [0.15, 0.2) is 24.3 Å². The normalized spacial score (nSPS) is 36.0. The summed E-state index contributed by atoms with van der Waals surface area (Å²) < 4.78 is 19.0. The van der Waals surface area contributed by atoms with E-state index >= 15 is 0 Å². The molecule has 0 radical (unpaired) electrons. The van der Waals surface area contributed by atoms with E-state index < -0.39 is 22.3 Å². The van der Waals surface area contributed by atoms with Crippen LogP contribution in [-0.2, 0) is 31.8 Å². The Hall–Kier alpha value is -2.80. The van der Waals surface area contributed by atoms with Crippen LogP contribution in [0.5, 0.6) is 0 Å². The largest absolute Gasteiger partial charge is 0.372 e. The summed E-state index contributed by atoms with van der Waals surface area (Å²) in [5, 5.41) is 10.7. The number of aliphatic hydroxyl groups is 1. The van der Waals surface area contributed by atoms with E-state index in [9.17, 15) is 9.90 Å². The van der Waals surface area contributed by atoms with Crippen LogP contribution < -0.4 is 5.73 Å². The first-order valence-electron chi connectivity index (χ1n) is 19.2. The number of hydrogen-bond acceptors (Lipinski definition) is 7. The van der Waals surface area contributed by atoms with Gasteiger partial charge in [-0.15, -0.1) is 19.4 Å². The number of carbonyl (C=O) groups is 2. The fourth-order valence-corrected chi connectivity index (χ4v) is 12.1. The number of allylic oxidation sites excluding steroid dienone is 1. The fourth-order valence-electron chi connectivity index (χ4n) is 12.1. The maximum absolute atomic E-state index is 14.2. The quantitative estimate of drug-likeness (QED) is 0.168. The molecule has 8 rings (SSSR count). The van der Waals surface area contributed by atoms with Crippen LogP contribution in [0.25, 0.3) is 10.9 Å². The summed E-state index contributed by atoms with van der Waals surface area (Å²) in [6.45, 7) is 24.1. The number of aromatic amines is 1. The van der Waals surface area contributed by atoms with Crippen molar-refractivity contribution in [3.05, 3.63) is 46.7 Å². The van der Waals surface area contributed by atoms with Crippen LogP contribution in [0.2, 0.25) is 0 Å². The summed E-state index contributed by atoms with van der Waals surface area (Å²) in [6, 6.07) is 4.21. The maximum Gasteiger partial charge on any atom is 0.171 e. The van der Waals surface area contributed by atoms with E-state index in [1.54, 1.807) is 0 Å². The topological polar surface area (TPSA) is 124 Å². The molecule has 1 aromatic heterocycles. The van der Waals surface area contributed by atoms with E-state index in [4.69, 9.17) is 24.7 Å². The van der Waals surface area contributed by atoms with Crippen LogP contribution in [0, 0.1) is 41.9 Å². The first kappa shape index (κ1) is 40.4. The summed E-state index contributed by atoms with van der Waals surface area (Å²) in [5.41, 5.74) is 12.2. The molecule has 0 amide bonds. The van der Waals surface area contributed by atoms with Gasteiger partial charge in [-0.1, -0.05) is 12.5 Å². The van der Waals surface area contributed by atoms with Gasteiger partial charge in [0.15, 0.2) is 5.78 Å². The number of H-pyrrole nitrogens is 1. The molecule has 4 N–H and O–H groups in total. The van der Waals surface area contributed by atoms with Crippen LogP contribution >= 0.6 is 0 Å². The second-order valence-electron chi connectivity index (χ2n) is 18.4. The second-order valence-corrected chi connectivity index (χ2v) is 18.4. The fraction of sp³-hybridized carbons (Fsp3) is 0.682. The predicted molar refractivity (Wildman–Crippen MR) is 207 cm³/mol. The van der Waals surface area contributed by atoms with Gasteiger partial charge in [0.2, 0.25) is 0 Å². The number of rotatable bonds is 3. The van der Waals surface area contributed by atoms with E-state index in [0.717, 1.165) is 48.7 Å². The van der Waals surface area contributed by atoms with Gasteiger partial charge in [-0.2, -0.15) is 0 Å². The van der Waals surface area contributed by atoms with Gasteiger partial charge in [0.1, 0.15) is 13.6 Å². The molecule has 2 aromatic rings. The number of aromatic nitrogens is 1. The Bertz CT molecular complexity index is 1700. The minimum Gasteiger partial charge on any atom is -0.372 e. The smallest absolute Gasteiger partial charge is 0.171 e. The number of aliphatic hydroxyl groups excluding tert-OH is 1. The van der Waals surface area contributed by atoms with Crippen molar-refractivity contribution in [2.24, 2.45) is 34.8 Å². The third-order valence-corrected chi connectivity index (χ3v) is 14.0. The molecule has 0 bridgehead atoms. The molecule has 5 unspecified atom stereocenters. The molecule has 2 saturated heterocycles. The summed E-state index contributed by atoms with van der Waals surface area (Å²) in [4.78, 5) is 26.2. The molecule has 9 atom stereocenters. The van der Waals surface area contributed by atoms with Gasteiger partial charge in [0, 0.05) is 28.1 Å². The molecule has 8 heteroatoms. The van der Waals surface area contributed by atoms with Crippen LogP contribution in [0.3, 0.4) is 0 Å². The zero-order chi connectivity index (χ0) is 38.8. The molecule has 52 heavy (non-hydrogen) atoms. The Morgan fingerprint density at radius 1 is 1.06 bits per heavy atom. The average Bonchev–Trinajstić information content (AvgIpc) is 3.65. The van der Waals surface area contributed by atoms with Crippen LogP contribution in [0.1, 0.15) is 134 Å². The van der Waals surface area contributed by atoms with Gasteiger partial charge >= 0.3 is 0 Å². The lowest BCUT2D eigenvalue weighted by molar-refractivity contribution is -0.227. The van der Waals surface area contributed by atoms with Crippen LogP contribution in [-0.4, -0.2) is 64.0 Å². The van der Waals surface area contributed by atoms with Crippen molar-refractivity contribution in [3.8, 4) is 12.8 Å². The number of fused-ring (bicyclic) bond motifs is 12. The van der Waals surface area contributed by atoms with E-state index in [1.165, 1.54) is 35.1 Å². The molecule has 6 aliphatic rings. The van der Waals surface area contributed by atoms with Crippen LogP contribution in [0.4, 0.5) is 0 Å². The highest BCUT2D eigenvalue weighted by molar-refractivity contribution is 6.07. The van der Waals surface area contributed by atoms with Gasteiger partial charge in [0.05, 0.1) is 40.5 Å². The van der Waals surface area contributed by atoms with Gasteiger partial charge < -0.3 is 34.8 Å². The second kappa shape index (κ2) is 14.1. The molecule has 4 fully saturated rings. The molecule has 4 aliphatic carbocycles. The van der Waals surface area contributed by atoms with Crippen molar-refractivity contribution in [3.63, 3.8) is 0 Å². The number of ketones is 1. The molecule has 8 nitrogen and oxygen atoms in total. The highest BCUT2D eigenvalue weighted by Gasteiger charge is 2.67. The van der Waals surface area contributed by atoms with E-state index in [-0.39, 0.29) is 36.1 Å². The SMILES string of the molecule is C#C.C=C(C)C.C=O.CC(C)(OCO)[C@@H]1CCC2C(CC[C@@]3(C)C2CCC2Cc4c([nH]c5ccc6c(c45)C[C@@]4(N)[C@@H](C6=O)C(C)(C)OC4(C)C)C23)O1. The molecule has 2 saturated carbocycles. The molecular weight excluding hydrogens is 652 g/mol.